The first-order valence-corrected chi connectivity index (χ1v) is 6.39. The van der Waals surface area contributed by atoms with Gasteiger partial charge in [0.05, 0.1) is 28.8 Å². The lowest BCUT2D eigenvalue weighted by atomic mass is 10.2. The molecule has 6 nitrogen and oxygen atoms in total. The Bertz CT molecular complexity index is 840. The van der Waals surface area contributed by atoms with Crippen molar-refractivity contribution in [3.8, 4) is 0 Å². The Kier molecular flexibility index (Phi) is 4.72. The molecule has 0 aliphatic carbocycles. The van der Waals surface area contributed by atoms with Crippen LogP contribution in [-0.2, 0) is 12.7 Å². The van der Waals surface area contributed by atoms with Crippen LogP contribution >= 0.6 is 0 Å². The number of nitrogens with one attached hydrogen (secondary N) is 1. The first-order valence-electron chi connectivity index (χ1n) is 6.39. The zero-order valence-corrected chi connectivity index (χ0v) is 12.0. The van der Waals surface area contributed by atoms with E-state index in [1.54, 1.807) is 0 Å². The molecule has 0 atom stereocenters. The van der Waals surface area contributed by atoms with Crippen LogP contribution in [0.3, 0.4) is 0 Å². The lowest BCUT2D eigenvalue weighted by molar-refractivity contribution is -0.384. The molecule has 25 heavy (non-hydrogen) atoms. The molecule has 134 valence electrons. The second-order valence-electron chi connectivity index (χ2n) is 4.74. The van der Waals surface area contributed by atoms with Crippen molar-refractivity contribution in [3.63, 3.8) is 0 Å². The predicted octanol–water partition coefficient (Wildman–Crippen LogP) is 3.62. The van der Waals surface area contributed by atoms with Gasteiger partial charge in [-0.25, -0.2) is 13.2 Å². The van der Waals surface area contributed by atoms with Gasteiger partial charge in [-0.2, -0.15) is 13.2 Å². The maximum atomic E-state index is 13.9. The van der Waals surface area contributed by atoms with E-state index in [-0.39, 0.29) is 6.07 Å². The molecular formula is C13H8F6N4O2. The van der Waals surface area contributed by atoms with Crippen molar-refractivity contribution < 1.29 is 31.3 Å². The zero-order valence-electron chi connectivity index (χ0n) is 12.0. The minimum absolute atomic E-state index is 0.181. The number of nitro benzene ring substituents is 1. The first-order chi connectivity index (χ1) is 11.5. The van der Waals surface area contributed by atoms with Crippen molar-refractivity contribution in [2.45, 2.75) is 12.7 Å². The van der Waals surface area contributed by atoms with Crippen molar-refractivity contribution in [1.82, 2.24) is 4.98 Å². The number of nitro groups is 1. The normalized spacial score (nSPS) is 11.4. The average Bonchev–Trinajstić information content (AvgIpc) is 2.50. The van der Waals surface area contributed by atoms with Crippen LogP contribution in [0.25, 0.3) is 0 Å². The number of pyridine rings is 1. The predicted molar refractivity (Wildman–Crippen MR) is 73.9 cm³/mol. The number of rotatable bonds is 4. The SMILES string of the molecule is Nc1c([N+](=O)[O-])cc(F)c(NCc2ncc(C(F)(F)F)cc2F)c1F. The smallest absolute Gasteiger partial charge is 0.391 e. The summed E-state index contributed by atoms with van der Waals surface area (Å²) in [4.78, 5) is 12.7. The molecule has 0 radical (unpaired) electrons. The highest BCUT2D eigenvalue weighted by Gasteiger charge is 2.32. The number of nitrogens with two attached hydrogens (primary N) is 1. The van der Waals surface area contributed by atoms with E-state index in [4.69, 9.17) is 5.73 Å². The number of aromatic nitrogens is 1. The summed E-state index contributed by atoms with van der Waals surface area (Å²) in [5.74, 6) is -4.22. The summed E-state index contributed by atoms with van der Waals surface area (Å²) >= 11 is 0. The standard InChI is InChI=1S/C13H8F6N4O2/c14-6-1-5(13(17,18)19)3-21-8(6)4-22-12-7(15)2-9(23(24)25)11(20)10(12)16/h1-3,22H,4,20H2. The van der Waals surface area contributed by atoms with Gasteiger partial charge in [-0.3, -0.25) is 15.1 Å². The number of nitrogen functional groups attached to an aromatic ring is 1. The van der Waals surface area contributed by atoms with Crippen molar-refractivity contribution in [2.24, 2.45) is 0 Å². The highest BCUT2D eigenvalue weighted by Crippen LogP contribution is 2.33. The van der Waals surface area contributed by atoms with E-state index < -0.39 is 63.4 Å². The van der Waals surface area contributed by atoms with Gasteiger partial charge in [0.15, 0.2) is 11.6 Å². The molecule has 0 fully saturated rings. The highest BCUT2D eigenvalue weighted by atomic mass is 19.4. The molecule has 1 aromatic carbocycles. The van der Waals surface area contributed by atoms with E-state index in [0.29, 0.717) is 12.3 Å². The van der Waals surface area contributed by atoms with Gasteiger partial charge in [0.2, 0.25) is 0 Å². The molecule has 0 unspecified atom stereocenters. The molecule has 3 N–H and O–H groups in total. The Morgan fingerprint density at radius 3 is 2.36 bits per heavy atom. The molecule has 2 rings (SSSR count). The third-order valence-electron chi connectivity index (χ3n) is 3.11. The Hall–Kier alpha value is -3.05. The molecule has 1 heterocycles. The zero-order chi connectivity index (χ0) is 18.9. The molecule has 0 saturated heterocycles. The Morgan fingerprint density at radius 1 is 1.20 bits per heavy atom. The molecule has 0 aliphatic heterocycles. The van der Waals surface area contributed by atoms with Crippen LogP contribution in [0.2, 0.25) is 0 Å². The van der Waals surface area contributed by atoms with Gasteiger partial charge in [-0.15, -0.1) is 0 Å². The van der Waals surface area contributed by atoms with E-state index in [9.17, 15) is 36.5 Å². The summed E-state index contributed by atoms with van der Waals surface area (Å²) in [6.45, 7) is -0.685. The van der Waals surface area contributed by atoms with Crippen molar-refractivity contribution in [1.29, 1.82) is 0 Å². The monoisotopic (exact) mass is 366 g/mol. The maximum absolute atomic E-state index is 13.9. The summed E-state index contributed by atoms with van der Waals surface area (Å²) in [5, 5.41) is 12.7. The van der Waals surface area contributed by atoms with Crippen LogP contribution in [0.4, 0.5) is 43.4 Å². The second-order valence-corrected chi connectivity index (χ2v) is 4.74. The number of benzene rings is 1. The Balaban J connectivity index is 2.28. The molecule has 0 saturated carbocycles. The molecule has 1 aromatic heterocycles. The lowest BCUT2D eigenvalue weighted by Gasteiger charge is -2.12. The van der Waals surface area contributed by atoms with Crippen LogP contribution in [0.1, 0.15) is 11.3 Å². The van der Waals surface area contributed by atoms with Gasteiger partial charge in [-0.05, 0) is 6.07 Å². The molecule has 0 amide bonds. The van der Waals surface area contributed by atoms with E-state index in [1.807, 2.05) is 0 Å². The first kappa shape index (κ1) is 18.3. The van der Waals surface area contributed by atoms with Crippen LogP contribution in [0.15, 0.2) is 18.3 Å². The fraction of sp³-hybridized carbons (Fsp3) is 0.154. The van der Waals surface area contributed by atoms with Crippen LogP contribution in [-0.4, -0.2) is 9.91 Å². The van der Waals surface area contributed by atoms with Crippen molar-refractivity contribution in [2.75, 3.05) is 11.1 Å². The van der Waals surface area contributed by atoms with E-state index in [0.717, 1.165) is 0 Å². The second kappa shape index (κ2) is 6.45. The maximum Gasteiger partial charge on any atom is 0.417 e. The van der Waals surface area contributed by atoms with E-state index in [1.165, 1.54) is 0 Å². The largest absolute Gasteiger partial charge is 0.417 e. The minimum atomic E-state index is -4.80. The van der Waals surface area contributed by atoms with Gasteiger partial charge in [-0.1, -0.05) is 0 Å². The summed E-state index contributed by atoms with van der Waals surface area (Å²) < 4.78 is 78.5. The molecule has 0 aliphatic rings. The van der Waals surface area contributed by atoms with Crippen molar-refractivity contribution in [3.05, 3.63) is 57.2 Å². The molecule has 0 bridgehead atoms. The van der Waals surface area contributed by atoms with Crippen molar-refractivity contribution >= 4 is 17.1 Å². The minimum Gasteiger partial charge on any atom is -0.391 e. The number of anilines is 2. The fourth-order valence-corrected chi connectivity index (χ4v) is 1.86. The molecular weight excluding hydrogens is 358 g/mol. The van der Waals surface area contributed by atoms with Gasteiger partial charge in [0.25, 0.3) is 5.69 Å². The quantitative estimate of drug-likeness (QED) is 0.373. The van der Waals surface area contributed by atoms with Crippen LogP contribution in [0.5, 0.6) is 0 Å². The highest BCUT2D eigenvalue weighted by molar-refractivity contribution is 5.68. The van der Waals surface area contributed by atoms with Gasteiger partial charge >= 0.3 is 6.18 Å². The number of hydrogen-bond acceptors (Lipinski definition) is 5. The number of nitrogens with zero attached hydrogens (tertiary/aromatic N) is 2. The number of halogens is 6. The lowest BCUT2D eigenvalue weighted by Crippen LogP contribution is -2.12. The Labute approximate surface area is 135 Å². The number of alkyl halides is 3. The van der Waals surface area contributed by atoms with Crippen LogP contribution < -0.4 is 11.1 Å². The van der Waals surface area contributed by atoms with Gasteiger partial charge in [0, 0.05) is 6.20 Å². The van der Waals surface area contributed by atoms with Gasteiger partial charge in [0.1, 0.15) is 17.2 Å². The molecule has 2 aromatic rings. The topological polar surface area (TPSA) is 94.1 Å². The van der Waals surface area contributed by atoms with Gasteiger partial charge < -0.3 is 11.1 Å². The number of hydrogen-bond donors (Lipinski definition) is 2. The third-order valence-corrected chi connectivity index (χ3v) is 3.11. The fourth-order valence-electron chi connectivity index (χ4n) is 1.86. The summed E-state index contributed by atoms with van der Waals surface area (Å²) in [6.07, 6.45) is -4.44. The van der Waals surface area contributed by atoms with E-state index in [2.05, 4.69) is 10.3 Å². The van der Waals surface area contributed by atoms with E-state index >= 15 is 0 Å². The summed E-state index contributed by atoms with van der Waals surface area (Å²) in [6, 6.07) is 0.540. The third kappa shape index (κ3) is 3.72. The summed E-state index contributed by atoms with van der Waals surface area (Å²) in [7, 11) is 0. The summed E-state index contributed by atoms with van der Waals surface area (Å²) in [5.41, 5.74) is 0.453. The Morgan fingerprint density at radius 2 is 1.84 bits per heavy atom. The molecule has 0 spiro atoms. The average molecular weight is 366 g/mol. The van der Waals surface area contributed by atoms with Crippen LogP contribution in [0, 0.1) is 27.6 Å². The molecule has 12 heteroatoms.